The third-order valence-corrected chi connectivity index (χ3v) is 0.518. The molecule has 0 aromatic carbocycles. The molecule has 0 unspecified atom stereocenters. The van der Waals surface area contributed by atoms with Crippen molar-refractivity contribution < 1.29 is 24.9 Å². The second kappa shape index (κ2) is 11.2. The van der Waals surface area contributed by atoms with E-state index < -0.39 is 6.10 Å². The molecule has 62 valence electrons. The van der Waals surface area contributed by atoms with Gasteiger partial charge in [-0.15, -0.1) is 0 Å². The maximum absolute atomic E-state index is 8.95. The van der Waals surface area contributed by atoms with Crippen LogP contribution in [0.4, 0.5) is 0 Å². The van der Waals surface area contributed by atoms with Crippen LogP contribution in [-0.4, -0.2) is 48.2 Å². The number of aliphatic hydroxyl groups is 3. The van der Waals surface area contributed by atoms with Gasteiger partial charge in [-0.3, -0.25) is 4.79 Å². The summed E-state index contributed by atoms with van der Waals surface area (Å²) in [4.78, 5) is 8.95. The first-order valence-electron chi connectivity index (χ1n) is 2.59. The van der Waals surface area contributed by atoms with Crippen LogP contribution in [0, 0.1) is 0 Å². The van der Waals surface area contributed by atoms with Crippen molar-refractivity contribution in [2.75, 3.05) is 20.3 Å². The number of carbonyl (C=O) groups is 1. The monoisotopic (exact) mass is 152 g/mol. The lowest BCUT2D eigenvalue weighted by Gasteiger charge is -1.96. The highest BCUT2D eigenvalue weighted by Crippen LogP contribution is 1.71. The quantitative estimate of drug-likeness (QED) is 0.412. The maximum Gasteiger partial charge on any atom is 0.292 e. The molecule has 0 aliphatic rings. The lowest BCUT2D eigenvalue weighted by molar-refractivity contribution is -0.126. The molecule has 3 N–H and O–H groups in total. The zero-order valence-electron chi connectivity index (χ0n) is 5.73. The molecule has 10 heavy (non-hydrogen) atoms. The van der Waals surface area contributed by atoms with Crippen LogP contribution in [0.5, 0.6) is 0 Å². The highest BCUT2D eigenvalue weighted by Gasteiger charge is 1.93. The maximum atomic E-state index is 8.95. The number of carbonyl (C=O) groups excluding carboxylic acids is 1. The molecule has 0 atom stereocenters. The Morgan fingerprint density at radius 2 is 1.80 bits per heavy atom. The van der Waals surface area contributed by atoms with Crippen molar-refractivity contribution in [1.29, 1.82) is 0 Å². The number of methoxy groups -OCH3 is 1. The fraction of sp³-hybridized carbons (Fsp3) is 0.800. The average Bonchev–Trinajstić information content (AvgIpc) is 2.03. The van der Waals surface area contributed by atoms with Crippen LogP contribution >= 0.6 is 0 Å². The van der Waals surface area contributed by atoms with E-state index in [1.165, 1.54) is 7.11 Å². The number of ether oxygens (including phenoxy) is 1. The summed E-state index contributed by atoms with van der Waals surface area (Å²) in [5.41, 5.74) is 0. The molecule has 0 aromatic heterocycles. The first-order chi connectivity index (χ1) is 4.72. The summed E-state index contributed by atoms with van der Waals surface area (Å²) in [6.07, 6.45) is -0.954. The number of hydrogen-bond acceptors (Lipinski definition) is 5. The molecular formula is C5H12O5. The fourth-order valence-electron chi connectivity index (χ4n) is 0.0577. The van der Waals surface area contributed by atoms with Gasteiger partial charge in [-0.05, 0) is 0 Å². The van der Waals surface area contributed by atoms with E-state index in [9.17, 15) is 0 Å². The largest absolute Gasteiger partial charge is 0.471 e. The van der Waals surface area contributed by atoms with Crippen LogP contribution in [0.3, 0.4) is 0 Å². The van der Waals surface area contributed by atoms with Crippen LogP contribution in [0.25, 0.3) is 0 Å². The molecule has 0 bridgehead atoms. The first-order valence-corrected chi connectivity index (χ1v) is 2.59. The highest BCUT2D eigenvalue weighted by atomic mass is 16.5. The van der Waals surface area contributed by atoms with Gasteiger partial charge in [0.15, 0.2) is 0 Å². The zero-order valence-corrected chi connectivity index (χ0v) is 5.73. The molecule has 0 fully saturated rings. The van der Waals surface area contributed by atoms with Crippen LogP contribution < -0.4 is 0 Å². The number of hydrogen-bond donors (Lipinski definition) is 3. The topological polar surface area (TPSA) is 87.0 Å². The van der Waals surface area contributed by atoms with Gasteiger partial charge in [0, 0.05) is 0 Å². The summed E-state index contributed by atoms with van der Waals surface area (Å²) in [5, 5.41) is 24.0. The Kier molecular flexibility index (Phi) is 13.5. The summed E-state index contributed by atoms with van der Waals surface area (Å²) in [7, 11) is 1.31. The van der Waals surface area contributed by atoms with Gasteiger partial charge in [0.2, 0.25) is 0 Å². The molecule has 0 radical (unpaired) electrons. The van der Waals surface area contributed by atoms with E-state index in [2.05, 4.69) is 4.74 Å². The molecule has 0 aromatic rings. The Morgan fingerprint density at radius 3 is 1.80 bits per heavy atom. The molecule has 0 saturated carbocycles. The van der Waals surface area contributed by atoms with Crippen LogP contribution in [0.15, 0.2) is 0 Å². The lowest BCUT2D eigenvalue weighted by atomic mass is 10.4. The van der Waals surface area contributed by atoms with E-state index in [1.807, 2.05) is 0 Å². The molecule has 0 rings (SSSR count). The SMILES string of the molecule is COC=O.OCC(O)CO. The molecule has 0 saturated heterocycles. The summed E-state index contributed by atoms with van der Waals surface area (Å²) < 4.78 is 3.86. The van der Waals surface area contributed by atoms with Gasteiger partial charge in [-0.2, -0.15) is 0 Å². The van der Waals surface area contributed by atoms with Crippen molar-refractivity contribution in [2.45, 2.75) is 6.10 Å². The second-order valence-corrected chi connectivity index (χ2v) is 1.35. The van der Waals surface area contributed by atoms with E-state index >= 15 is 0 Å². The fourth-order valence-corrected chi connectivity index (χ4v) is 0.0577. The van der Waals surface area contributed by atoms with Gasteiger partial charge in [0.1, 0.15) is 6.10 Å². The minimum atomic E-state index is -0.954. The Morgan fingerprint density at radius 1 is 1.50 bits per heavy atom. The second-order valence-electron chi connectivity index (χ2n) is 1.35. The van der Waals surface area contributed by atoms with Crippen LogP contribution in [0.1, 0.15) is 0 Å². The molecule has 0 spiro atoms. The van der Waals surface area contributed by atoms with Gasteiger partial charge in [0.25, 0.3) is 6.47 Å². The minimum absolute atomic E-state index is 0.365. The predicted octanol–water partition coefficient (Wildman–Crippen LogP) is -1.88. The molecule has 0 amide bonds. The van der Waals surface area contributed by atoms with E-state index in [4.69, 9.17) is 20.1 Å². The first kappa shape index (κ1) is 12.1. The smallest absolute Gasteiger partial charge is 0.292 e. The summed E-state index contributed by atoms with van der Waals surface area (Å²) in [6.45, 7) is -0.354. The Bertz CT molecular complexity index is 61.1. The minimum Gasteiger partial charge on any atom is -0.471 e. The van der Waals surface area contributed by atoms with E-state index in [1.54, 1.807) is 0 Å². The third-order valence-electron chi connectivity index (χ3n) is 0.518. The number of rotatable bonds is 3. The lowest BCUT2D eigenvalue weighted by Crippen LogP contribution is -2.15. The van der Waals surface area contributed by atoms with Gasteiger partial charge >= 0.3 is 0 Å². The van der Waals surface area contributed by atoms with E-state index in [-0.39, 0.29) is 13.2 Å². The van der Waals surface area contributed by atoms with Crippen molar-refractivity contribution in [3.05, 3.63) is 0 Å². The summed E-state index contributed by atoms with van der Waals surface area (Å²) >= 11 is 0. The third kappa shape index (κ3) is 15.7. The van der Waals surface area contributed by atoms with E-state index in [0.29, 0.717) is 6.47 Å². The van der Waals surface area contributed by atoms with Crippen LogP contribution in [-0.2, 0) is 9.53 Å². The zero-order chi connectivity index (χ0) is 8.41. The normalized spacial score (nSPS) is 8.10. The standard InChI is InChI=1S/C3H8O3.C2H4O2/c4-1-3(6)2-5;1-4-2-3/h3-6H,1-2H2;2H,1H3. The van der Waals surface area contributed by atoms with Gasteiger partial charge < -0.3 is 20.1 Å². The van der Waals surface area contributed by atoms with Crippen molar-refractivity contribution >= 4 is 6.47 Å². The van der Waals surface area contributed by atoms with E-state index in [0.717, 1.165) is 0 Å². The highest BCUT2D eigenvalue weighted by molar-refractivity contribution is 5.36. The van der Waals surface area contributed by atoms with Gasteiger partial charge in [0.05, 0.1) is 20.3 Å². The van der Waals surface area contributed by atoms with Crippen molar-refractivity contribution in [1.82, 2.24) is 0 Å². The molecular weight excluding hydrogens is 140 g/mol. The average molecular weight is 152 g/mol. The molecule has 5 nitrogen and oxygen atoms in total. The van der Waals surface area contributed by atoms with Crippen molar-refractivity contribution in [3.63, 3.8) is 0 Å². The molecule has 0 aliphatic heterocycles. The molecule has 0 aliphatic carbocycles. The Balaban J connectivity index is 0. The van der Waals surface area contributed by atoms with Gasteiger partial charge in [-0.1, -0.05) is 0 Å². The van der Waals surface area contributed by atoms with Crippen molar-refractivity contribution in [2.24, 2.45) is 0 Å². The summed E-state index contributed by atoms with van der Waals surface area (Å²) in [6, 6.07) is 0. The van der Waals surface area contributed by atoms with Gasteiger partial charge in [-0.25, -0.2) is 0 Å². The Hall–Kier alpha value is -0.650. The predicted molar refractivity (Wildman–Crippen MR) is 33.3 cm³/mol. The van der Waals surface area contributed by atoms with Crippen LogP contribution in [0.2, 0.25) is 0 Å². The molecule has 0 heterocycles. The van der Waals surface area contributed by atoms with Crippen molar-refractivity contribution in [3.8, 4) is 0 Å². The molecule has 5 heteroatoms. The number of aliphatic hydroxyl groups excluding tert-OH is 3. The Labute approximate surface area is 58.9 Å². The summed E-state index contributed by atoms with van der Waals surface area (Å²) in [5.74, 6) is 0.